The van der Waals surface area contributed by atoms with Crippen LogP contribution in [0.25, 0.3) is 0 Å². The van der Waals surface area contributed by atoms with Crippen LogP contribution in [0, 0.1) is 0 Å². The highest BCUT2D eigenvalue weighted by atomic mass is 79.9. The van der Waals surface area contributed by atoms with Gasteiger partial charge in [-0.1, -0.05) is 0 Å². The summed E-state index contributed by atoms with van der Waals surface area (Å²) in [6, 6.07) is 3.14. The maximum absolute atomic E-state index is 11.5. The third kappa shape index (κ3) is 5.04. The van der Waals surface area contributed by atoms with Gasteiger partial charge in [-0.15, -0.1) is 0 Å². The summed E-state index contributed by atoms with van der Waals surface area (Å²) in [6.07, 6.45) is 0. The van der Waals surface area contributed by atoms with Crippen LogP contribution in [0.1, 0.15) is 31.3 Å². The number of hydrogen-bond donors (Lipinski definition) is 2. The van der Waals surface area contributed by atoms with Gasteiger partial charge >= 0.3 is 0 Å². The average Bonchev–Trinajstić information content (AvgIpc) is 2.58. The summed E-state index contributed by atoms with van der Waals surface area (Å²) in [6.45, 7) is 5.54. The van der Waals surface area contributed by atoms with Crippen molar-refractivity contribution in [2.75, 3.05) is 6.54 Å². The number of amides is 2. The zero-order valence-corrected chi connectivity index (χ0v) is 11.6. The van der Waals surface area contributed by atoms with Gasteiger partial charge < -0.3 is 15.1 Å². The van der Waals surface area contributed by atoms with E-state index in [4.69, 9.17) is 4.42 Å². The molecule has 0 spiro atoms. The molecule has 0 unspecified atom stereocenters. The summed E-state index contributed by atoms with van der Waals surface area (Å²) in [5, 5.41) is 5.21. The molecule has 2 amide bonds. The molecule has 0 aliphatic carbocycles. The molecule has 0 aromatic carbocycles. The first-order chi connectivity index (χ1) is 7.78. The number of nitrogens with one attached hydrogen (secondary N) is 2. The van der Waals surface area contributed by atoms with E-state index in [2.05, 4.69) is 26.6 Å². The summed E-state index contributed by atoms with van der Waals surface area (Å²) in [5.74, 6) is -0.489. The van der Waals surface area contributed by atoms with E-state index in [9.17, 15) is 9.59 Å². The highest BCUT2D eigenvalue weighted by Gasteiger charge is 2.15. The van der Waals surface area contributed by atoms with Crippen LogP contribution < -0.4 is 10.6 Å². The van der Waals surface area contributed by atoms with Crippen LogP contribution in [-0.4, -0.2) is 23.9 Å². The van der Waals surface area contributed by atoms with Gasteiger partial charge in [-0.05, 0) is 48.8 Å². The molecule has 0 bridgehead atoms. The first-order valence-electron chi connectivity index (χ1n) is 5.12. The number of rotatable bonds is 3. The lowest BCUT2D eigenvalue weighted by atomic mass is 10.1. The molecular formula is C11H15BrN2O3. The summed E-state index contributed by atoms with van der Waals surface area (Å²) >= 11 is 3.09. The van der Waals surface area contributed by atoms with Crippen LogP contribution in [0.2, 0.25) is 0 Å². The van der Waals surface area contributed by atoms with Gasteiger partial charge in [0.25, 0.3) is 5.91 Å². The van der Waals surface area contributed by atoms with Gasteiger partial charge in [0.15, 0.2) is 10.4 Å². The second-order valence-electron chi connectivity index (χ2n) is 4.58. The Morgan fingerprint density at radius 1 is 1.35 bits per heavy atom. The normalized spacial score (nSPS) is 11.1. The van der Waals surface area contributed by atoms with Crippen LogP contribution >= 0.6 is 15.9 Å². The van der Waals surface area contributed by atoms with Gasteiger partial charge in [0, 0.05) is 5.54 Å². The van der Waals surface area contributed by atoms with Crippen LogP contribution in [0.15, 0.2) is 21.2 Å². The van der Waals surface area contributed by atoms with Crippen LogP contribution in [0.4, 0.5) is 0 Å². The standard InChI is InChI=1S/C11H15BrN2O3/c1-11(2,3)14-9(15)6-13-10(16)7-4-5-8(12)17-7/h4-5H,6H2,1-3H3,(H,13,16)(H,14,15). The third-order valence-corrected chi connectivity index (χ3v) is 2.15. The number of hydrogen-bond acceptors (Lipinski definition) is 3. The van der Waals surface area contributed by atoms with Crippen molar-refractivity contribution in [3.63, 3.8) is 0 Å². The van der Waals surface area contributed by atoms with Crippen molar-refractivity contribution in [3.05, 3.63) is 22.6 Å². The van der Waals surface area contributed by atoms with E-state index < -0.39 is 5.91 Å². The monoisotopic (exact) mass is 302 g/mol. The Balaban J connectivity index is 2.41. The third-order valence-electron chi connectivity index (χ3n) is 1.72. The molecule has 0 fully saturated rings. The molecule has 1 aromatic heterocycles. The second kappa shape index (κ2) is 5.35. The van der Waals surface area contributed by atoms with Gasteiger partial charge in [-0.2, -0.15) is 0 Å². The predicted octanol–water partition coefficient (Wildman–Crippen LogP) is 1.69. The van der Waals surface area contributed by atoms with E-state index in [1.54, 1.807) is 6.07 Å². The number of furan rings is 1. The van der Waals surface area contributed by atoms with E-state index in [-0.39, 0.29) is 23.8 Å². The molecule has 0 aliphatic rings. The Kier molecular flexibility index (Phi) is 4.34. The van der Waals surface area contributed by atoms with Gasteiger partial charge in [-0.3, -0.25) is 9.59 Å². The van der Waals surface area contributed by atoms with Crippen LogP contribution in [0.3, 0.4) is 0 Å². The van der Waals surface area contributed by atoms with Gasteiger partial charge in [0.05, 0.1) is 6.54 Å². The van der Waals surface area contributed by atoms with Crippen molar-refractivity contribution in [1.29, 1.82) is 0 Å². The SMILES string of the molecule is CC(C)(C)NC(=O)CNC(=O)c1ccc(Br)o1. The fraction of sp³-hybridized carbons (Fsp3) is 0.455. The number of carbonyl (C=O) groups is 2. The lowest BCUT2D eigenvalue weighted by Crippen LogP contribution is -2.45. The van der Waals surface area contributed by atoms with E-state index in [0.717, 1.165) is 0 Å². The molecule has 0 radical (unpaired) electrons. The fourth-order valence-electron chi connectivity index (χ4n) is 1.15. The Bertz CT molecular complexity index is 421. The van der Waals surface area contributed by atoms with Crippen LogP contribution in [-0.2, 0) is 4.79 Å². The Morgan fingerprint density at radius 3 is 2.47 bits per heavy atom. The van der Waals surface area contributed by atoms with E-state index in [0.29, 0.717) is 4.67 Å². The van der Waals surface area contributed by atoms with E-state index in [1.807, 2.05) is 20.8 Å². The highest BCUT2D eigenvalue weighted by Crippen LogP contribution is 2.13. The van der Waals surface area contributed by atoms with Gasteiger partial charge in [0.2, 0.25) is 5.91 Å². The van der Waals surface area contributed by atoms with Crippen LogP contribution in [0.5, 0.6) is 0 Å². The minimum atomic E-state index is -0.417. The summed E-state index contributed by atoms with van der Waals surface area (Å²) < 4.78 is 5.53. The van der Waals surface area contributed by atoms with Crippen molar-refractivity contribution in [2.24, 2.45) is 0 Å². The lowest BCUT2D eigenvalue weighted by Gasteiger charge is -2.20. The Hall–Kier alpha value is -1.30. The summed E-state index contributed by atoms with van der Waals surface area (Å²) in [7, 11) is 0. The van der Waals surface area contributed by atoms with Crippen molar-refractivity contribution in [1.82, 2.24) is 10.6 Å². The van der Waals surface area contributed by atoms with Gasteiger partial charge in [-0.25, -0.2) is 0 Å². The molecule has 0 saturated carbocycles. The Morgan fingerprint density at radius 2 is 2.00 bits per heavy atom. The molecule has 1 rings (SSSR count). The summed E-state index contributed by atoms with van der Waals surface area (Å²) in [5.41, 5.74) is -0.310. The minimum absolute atomic E-state index is 0.0750. The fourth-order valence-corrected chi connectivity index (χ4v) is 1.45. The van der Waals surface area contributed by atoms with E-state index in [1.165, 1.54) is 6.07 Å². The van der Waals surface area contributed by atoms with Crippen molar-refractivity contribution < 1.29 is 14.0 Å². The largest absolute Gasteiger partial charge is 0.444 e. The molecular weight excluding hydrogens is 288 g/mol. The molecule has 1 heterocycles. The number of carbonyl (C=O) groups excluding carboxylic acids is 2. The molecule has 0 atom stereocenters. The first kappa shape index (κ1) is 13.8. The molecule has 1 aromatic rings. The molecule has 17 heavy (non-hydrogen) atoms. The maximum Gasteiger partial charge on any atom is 0.287 e. The molecule has 0 saturated heterocycles. The average molecular weight is 303 g/mol. The van der Waals surface area contributed by atoms with Crippen molar-refractivity contribution in [3.8, 4) is 0 Å². The maximum atomic E-state index is 11.5. The quantitative estimate of drug-likeness (QED) is 0.892. The lowest BCUT2D eigenvalue weighted by molar-refractivity contribution is -0.121. The Labute approximate surface area is 108 Å². The molecule has 0 aliphatic heterocycles. The van der Waals surface area contributed by atoms with Crippen molar-refractivity contribution in [2.45, 2.75) is 26.3 Å². The minimum Gasteiger partial charge on any atom is -0.444 e. The first-order valence-corrected chi connectivity index (χ1v) is 5.92. The van der Waals surface area contributed by atoms with E-state index >= 15 is 0 Å². The molecule has 6 heteroatoms. The molecule has 2 N–H and O–H groups in total. The second-order valence-corrected chi connectivity index (χ2v) is 5.37. The topological polar surface area (TPSA) is 71.3 Å². The van der Waals surface area contributed by atoms with Gasteiger partial charge in [0.1, 0.15) is 0 Å². The summed E-state index contributed by atoms with van der Waals surface area (Å²) in [4.78, 5) is 23.0. The molecule has 5 nitrogen and oxygen atoms in total. The molecule has 94 valence electrons. The highest BCUT2D eigenvalue weighted by molar-refractivity contribution is 9.10. The zero-order chi connectivity index (χ0) is 13.1. The van der Waals surface area contributed by atoms with Crippen molar-refractivity contribution >= 4 is 27.7 Å². The zero-order valence-electron chi connectivity index (χ0n) is 9.96. The number of halogens is 1. The predicted molar refractivity (Wildman–Crippen MR) is 66.6 cm³/mol. The smallest absolute Gasteiger partial charge is 0.287 e.